The van der Waals surface area contributed by atoms with Crippen molar-refractivity contribution in [2.24, 2.45) is 10.9 Å². The van der Waals surface area contributed by atoms with Gasteiger partial charge < -0.3 is 15.1 Å². The Bertz CT molecular complexity index is 582. The summed E-state index contributed by atoms with van der Waals surface area (Å²) in [6.45, 7) is 3.04. The lowest BCUT2D eigenvalue weighted by Gasteiger charge is -1.99. The molecule has 1 aliphatic rings. The molecule has 5 heteroatoms. The van der Waals surface area contributed by atoms with Crippen molar-refractivity contribution >= 4 is 17.0 Å². The summed E-state index contributed by atoms with van der Waals surface area (Å²) in [5.74, 6) is 0. The van der Waals surface area contributed by atoms with E-state index in [9.17, 15) is 0 Å². The molecule has 3 heterocycles. The second-order valence-electron chi connectivity index (χ2n) is 3.92. The lowest BCUT2D eigenvalue weighted by molar-refractivity contribution is 0.152. The molecule has 88 valence electrons. The van der Waals surface area contributed by atoms with Crippen molar-refractivity contribution in [3.8, 4) is 5.69 Å². The number of nitrogens with two attached hydrogens (primary N) is 1. The fourth-order valence-electron chi connectivity index (χ4n) is 2.04. The summed E-state index contributed by atoms with van der Waals surface area (Å²) in [7, 11) is 0. The van der Waals surface area contributed by atoms with Gasteiger partial charge in [0.05, 0.1) is 16.3 Å². The maximum Gasteiger partial charge on any atom is 0.146 e. The van der Waals surface area contributed by atoms with Crippen LogP contribution in [0.15, 0.2) is 28.9 Å². The second-order valence-corrected chi connectivity index (χ2v) is 4.80. The average Bonchev–Trinajstić information content (AvgIpc) is 2.95. The number of aryl methyl sites for hydroxylation is 1. The third kappa shape index (κ3) is 1.50. The van der Waals surface area contributed by atoms with Gasteiger partial charge in [-0.2, -0.15) is 0 Å². The molecule has 0 fully saturated rings. The Morgan fingerprint density at radius 1 is 1.53 bits per heavy atom. The topological polar surface area (TPSA) is 52.5 Å². The van der Waals surface area contributed by atoms with E-state index in [1.165, 1.54) is 16.1 Å². The molecule has 2 N–H and O–H groups in total. The molecule has 4 nitrogen and oxygen atoms in total. The Morgan fingerprint density at radius 2 is 2.41 bits per heavy atom. The number of hydrogen-bond acceptors (Lipinski definition) is 4. The predicted molar refractivity (Wildman–Crippen MR) is 69.0 cm³/mol. The minimum Gasteiger partial charge on any atom is -0.394 e. The van der Waals surface area contributed by atoms with Gasteiger partial charge in [0.2, 0.25) is 0 Å². The van der Waals surface area contributed by atoms with Gasteiger partial charge in [-0.15, -0.1) is 11.3 Å². The normalized spacial score (nSPS) is 15.1. The largest absolute Gasteiger partial charge is 0.394 e. The Hall–Kier alpha value is -1.59. The molecule has 0 bridgehead atoms. The van der Waals surface area contributed by atoms with E-state index in [2.05, 4.69) is 34.3 Å². The Kier molecular flexibility index (Phi) is 2.49. The van der Waals surface area contributed by atoms with Crippen LogP contribution in [0.3, 0.4) is 0 Å². The zero-order chi connectivity index (χ0) is 11.8. The van der Waals surface area contributed by atoms with Crippen LogP contribution in [0.4, 0.5) is 0 Å². The summed E-state index contributed by atoms with van der Waals surface area (Å²) in [5, 5.41) is 6.35. The maximum absolute atomic E-state index is 5.39. The quantitative estimate of drug-likeness (QED) is 0.567. The van der Waals surface area contributed by atoms with Crippen LogP contribution in [0.5, 0.6) is 0 Å². The molecule has 0 aliphatic carbocycles. The molecule has 0 aromatic carbocycles. The van der Waals surface area contributed by atoms with Crippen LogP contribution in [-0.2, 0) is 4.84 Å². The first kappa shape index (κ1) is 10.6. The van der Waals surface area contributed by atoms with E-state index < -0.39 is 0 Å². The average molecular weight is 247 g/mol. The molecular formula is C12H13N3OS. The smallest absolute Gasteiger partial charge is 0.146 e. The van der Waals surface area contributed by atoms with Crippen LogP contribution in [0, 0.1) is 6.92 Å². The highest BCUT2D eigenvalue weighted by atomic mass is 32.1. The van der Waals surface area contributed by atoms with E-state index in [4.69, 9.17) is 10.6 Å². The molecule has 0 radical (unpaired) electrons. The van der Waals surface area contributed by atoms with Gasteiger partial charge in [-0.25, -0.2) is 0 Å². The molecule has 0 amide bonds. The van der Waals surface area contributed by atoms with Crippen LogP contribution in [0.1, 0.15) is 16.1 Å². The van der Waals surface area contributed by atoms with Crippen molar-refractivity contribution in [1.29, 1.82) is 0 Å². The van der Waals surface area contributed by atoms with Crippen molar-refractivity contribution in [3.63, 3.8) is 0 Å². The summed E-state index contributed by atoms with van der Waals surface area (Å²) in [4.78, 5) is 6.39. The number of thiophene rings is 1. The highest BCUT2D eigenvalue weighted by molar-refractivity contribution is 7.13. The van der Waals surface area contributed by atoms with Gasteiger partial charge in [-0.1, -0.05) is 5.16 Å². The third-order valence-electron chi connectivity index (χ3n) is 2.75. The molecule has 3 rings (SSSR count). The number of hydrogen-bond donors (Lipinski definition) is 1. The standard InChI is InChI=1S/C12H13N3OS/c1-8-7-17-12-10(14-16-6-4-13)9-3-2-5-15(9)11(8)12/h2-3,5,7H,4,6,13H2,1H3/b14-10-. The second kappa shape index (κ2) is 4.01. The number of rotatable bonds is 3. The van der Waals surface area contributed by atoms with Crippen LogP contribution in [0.2, 0.25) is 0 Å². The SMILES string of the molecule is Cc1csc2c1-n1cccc1/C2=N/OCCN. The molecule has 2 aromatic rings. The first-order valence-corrected chi connectivity index (χ1v) is 6.37. The summed E-state index contributed by atoms with van der Waals surface area (Å²) in [6, 6.07) is 4.07. The van der Waals surface area contributed by atoms with Crippen molar-refractivity contribution in [2.45, 2.75) is 6.92 Å². The third-order valence-corrected chi connectivity index (χ3v) is 3.85. The van der Waals surface area contributed by atoms with Crippen LogP contribution in [-0.4, -0.2) is 23.4 Å². The molecular weight excluding hydrogens is 234 g/mol. The van der Waals surface area contributed by atoms with Crippen molar-refractivity contribution in [1.82, 2.24) is 4.57 Å². The summed E-state index contributed by atoms with van der Waals surface area (Å²) < 4.78 is 2.16. The van der Waals surface area contributed by atoms with Crippen LogP contribution < -0.4 is 5.73 Å². The lowest BCUT2D eigenvalue weighted by atomic mass is 10.2. The molecule has 0 saturated carbocycles. The van der Waals surface area contributed by atoms with Crippen LogP contribution >= 0.6 is 11.3 Å². The first-order chi connectivity index (χ1) is 8.33. The van der Waals surface area contributed by atoms with Crippen molar-refractivity contribution < 1.29 is 4.84 Å². The molecule has 0 unspecified atom stereocenters. The fraction of sp³-hybridized carbons (Fsp3) is 0.250. The fourth-order valence-corrected chi connectivity index (χ4v) is 3.07. The molecule has 0 spiro atoms. The Labute approximate surface area is 103 Å². The van der Waals surface area contributed by atoms with Crippen molar-refractivity contribution in [2.75, 3.05) is 13.2 Å². The highest BCUT2D eigenvalue weighted by Gasteiger charge is 2.28. The summed E-state index contributed by atoms with van der Waals surface area (Å²) >= 11 is 1.70. The minimum absolute atomic E-state index is 0.448. The molecule has 17 heavy (non-hydrogen) atoms. The molecule has 2 aromatic heterocycles. The zero-order valence-corrected chi connectivity index (χ0v) is 10.3. The van der Waals surface area contributed by atoms with Gasteiger partial charge in [0, 0.05) is 12.7 Å². The first-order valence-electron chi connectivity index (χ1n) is 5.49. The highest BCUT2D eigenvalue weighted by Crippen LogP contribution is 2.35. The van der Waals surface area contributed by atoms with E-state index in [0.29, 0.717) is 13.2 Å². The summed E-state index contributed by atoms with van der Waals surface area (Å²) in [5.41, 5.74) is 9.89. The van der Waals surface area contributed by atoms with E-state index in [1.807, 2.05) is 6.07 Å². The van der Waals surface area contributed by atoms with E-state index in [1.54, 1.807) is 11.3 Å². The van der Waals surface area contributed by atoms with E-state index >= 15 is 0 Å². The number of aromatic nitrogens is 1. The zero-order valence-electron chi connectivity index (χ0n) is 9.51. The van der Waals surface area contributed by atoms with Gasteiger partial charge >= 0.3 is 0 Å². The lowest BCUT2D eigenvalue weighted by Crippen LogP contribution is -2.07. The van der Waals surface area contributed by atoms with Gasteiger partial charge in [-0.05, 0) is 30.0 Å². The van der Waals surface area contributed by atoms with Crippen molar-refractivity contribution in [3.05, 3.63) is 39.8 Å². The van der Waals surface area contributed by atoms with E-state index in [-0.39, 0.29) is 0 Å². The molecule has 1 aliphatic heterocycles. The number of oxime groups is 1. The van der Waals surface area contributed by atoms with Crippen LogP contribution in [0.25, 0.3) is 5.69 Å². The number of nitrogens with zero attached hydrogens (tertiary/aromatic N) is 2. The minimum atomic E-state index is 0.448. The Morgan fingerprint density at radius 3 is 3.24 bits per heavy atom. The van der Waals surface area contributed by atoms with Gasteiger partial charge in [0.15, 0.2) is 0 Å². The van der Waals surface area contributed by atoms with Gasteiger partial charge in [0.25, 0.3) is 0 Å². The predicted octanol–water partition coefficient (Wildman–Crippen LogP) is 1.89. The Balaban J connectivity index is 2.09. The monoisotopic (exact) mass is 247 g/mol. The number of fused-ring (bicyclic) bond motifs is 3. The molecule has 0 saturated heterocycles. The summed E-state index contributed by atoms with van der Waals surface area (Å²) in [6.07, 6.45) is 2.05. The maximum atomic E-state index is 5.39. The molecule has 0 atom stereocenters. The van der Waals surface area contributed by atoms with Gasteiger partial charge in [0.1, 0.15) is 12.3 Å². The van der Waals surface area contributed by atoms with E-state index in [0.717, 1.165) is 11.4 Å². The van der Waals surface area contributed by atoms with Gasteiger partial charge in [-0.3, -0.25) is 0 Å².